The van der Waals surface area contributed by atoms with E-state index in [0.29, 0.717) is 11.3 Å². The van der Waals surface area contributed by atoms with Gasteiger partial charge in [0.15, 0.2) is 9.84 Å². The van der Waals surface area contributed by atoms with Crippen LogP contribution in [0.4, 0.5) is 5.69 Å². The fraction of sp³-hybridized carbons (Fsp3) is 0.700. The van der Waals surface area contributed by atoms with Crippen LogP contribution in [0.1, 0.15) is 64.4 Å². The van der Waals surface area contributed by atoms with E-state index in [9.17, 15) is 13.5 Å². The van der Waals surface area contributed by atoms with Gasteiger partial charge >= 0.3 is 0 Å². The highest BCUT2D eigenvalue weighted by Crippen LogP contribution is 2.48. The lowest BCUT2D eigenvalue weighted by atomic mass is 9.70. The van der Waals surface area contributed by atoms with E-state index in [1.807, 2.05) is 45.0 Å². The monoisotopic (exact) mass is 367 g/mol. The van der Waals surface area contributed by atoms with Crippen molar-refractivity contribution in [2.45, 2.75) is 69.8 Å². The van der Waals surface area contributed by atoms with Gasteiger partial charge in [0, 0.05) is 31.1 Å². The molecule has 1 heterocycles. The number of nitrogens with zero attached hydrogens (tertiary/aromatic N) is 1. The van der Waals surface area contributed by atoms with Gasteiger partial charge in [-0.2, -0.15) is 0 Å². The Labute approximate surface area is 153 Å². The van der Waals surface area contributed by atoms with Crippen molar-refractivity contribution in [3.05, 3.63) is 23.8 Å². The zero-order chi connectivity index (χ0) is 18.8. The maximum absolute atomic E-state index is 13.2. The third kappa shape index (κ3) is 3.72. The van der Waals surface area contributed by atoms with Gasteiger partial charge < -0.3 is 10.0 Å². The van der Waals surface area contributed by atoms with E-state index in [1.165, 1.54) is 0 Å². The Balaban J connectivity index is 2.67. The van der Waals surface area contributed by atoms with E-state index in [1.54, 1.807) is 6.07 Å². The minimum Gasteiger partial charge on any atom is -0.392 e. The van der Waals surface area contributed by atoms with Crippen LogP contribution in [0.2, 0.25) is 0 Å². The number of hydrogen-bond acceptors (Lipinski definition) is 4. The van der Waals surface area contributed by atoms with Crippen molar-refractivity contribution < 1.29 is 13.5 Å². The highest BCUT2D eigenvalue weighted by Gasteiger charge is 2.47. The van der Waals surface area contributed by atoms with Gasteiger partial charge in [-0.25, -0.2) is 8.42 Å². The molecule has 0 bridgehead atoms. The zero-order valence-corrected chi connectivity index (χ0v) is 17.1. The summed E-state index contributed by atoms with van der Waals surface area (Å²) in [6.45, 7) is 6.16. The van der Waals surface area contributed by atoms with Gasteiger partial charge in [-0.05, 0) is 43.0 Å². The molecule has 3 atom stereocenters. The highest BCUT2D eigenvalue weighted by atomic mass is 32.2. The molecule has 0 aliphatic carbocycles. The molecular weight excluding hydrogens is 334 g/mol. The van der Waals surface area contributed by atoms with Gasteiger partial charge in [0.2, 0.25) is 0 Å². The molecule has 0 fully saturated rings. The van der Waals surface area contributed by atoms with Crippen molar-refractivity contribution >= 4 is 15.5 Å². The van der Waals surface area contributed by atoms with Crippen molar-refractivity contribution in [2.24, 2.45) is 5.41 Å². The molecule has 142 valence electrons. The molecule has 0 amide bonds. The molecule has 0 radical (unpaired) electrons. The van der Waals surface area contributed by atoms with Gasteiger partial charge in [-0.1, -0.05) is 33.6 Å². The predicted molar refractivity (Wildman–Crippen MR) is 104 cm³/mol. The Morgan fingerprint density at radius 1 is 1.24 bits per heavy atom. The largest absolute Gasteiger partial charge is 0.392 e. The van der Waals surface area contributed by atoms with Crippen LogP contribution >= 0.6 is 0 Å². The van der Waals surface area contributed by atoms with E-state index in [-0.39, 0.29) is 11.7 Å². The van der Waals surface area contributed by atoms with Crippen molar-refractivity contribution in [1.29, 1.82) is 0 Å². The van der Waals surface area contributed by atoms with Crippen LogP contribution in [0.15, 0.2) is 23.1 Å². The number of sulfone groups is 1. The lowest BCUT2D eigenvalue weighted by Gasteiger charge is -2.39. The van der Waals surface area contributed by atoms with Crippen molar-refractivity contribution in [3.8, 4) is 0 Å². The number of unbranched alkanes of at least 4 members (excludes halogenated alkanes) is 1. The van der Waals surface area contributed by atoms with Gasteiger partial charge in [-0.3, -0.25) is 0 Å². The van der Waals surface area contributed by atoms with E-state index in [4.69, 9.17) is 0 Å². The number of hydrogen-bond donors (Lipinski definition) is 1. The molecule has 1 aliphatic rings. The van der Waals surface area contributed by atoms with Gasteiger partial charge in [-0.15, -0.1) is 0 Å². The minimum absolute atomic E-state index is 0.0441. The lowest BCUT2D eigenvalue weighted by molar-refractivity contribution is 0.00740. The summed E-state index contributed by atoms with van der Waals surface area (Å²) in [4.78, 5) is 2.39. The smallest absolute Gasteiger partial charge is 0.179 e. The molecule has 0 saturated carbocycles. The molecule has 4 nitrogen and oxygen atoms in total. The first kappa shape index (κ1) is 20.2. The first-order valence-electron chi connectivity index (χ1n) is 9.44. The molecule has 0 spiro atoms. The van der Waals surface area contributed by atoms with Crippen LogP contribution in [0.5, 0.6) is 0 Å². The number of benzene rings is 1. The molecule has 0 saturated heterocycles. The second-order valence-electron chi connectivity index (χ2n) is 7.65. The predicted octanol–water partition coefficient (Wildman–Crippen LogP) is 3.98. The van der Waals surface area contributed by atoms with Crippen molar-refractivity contribution in [1.82, 2.24) is 0 Å². The van der Waals surface area contributed by atoms with Crippen LogP contribution in [-0.2, 0) is 9.84 Å². The number of aliphatic hydroxyl groups excluding tert-OH is 1. The topological polar surface area (TPSA) is 57.6 Å². The Kier molecular flexibility index (Phi) is 6.21. The number of rotatable bonds is 6. The Hall–Kier alpha value is -1.07. The Morgan fingerprint density at radius 2 is 1.92 bits per heavy atom. The van der Waals surface area contributed by atoms with Crippen LogP contribution in [0, 0.1) is 5.41 Å². The van der Waals surface area contributed by atoms with E-state index < -0.39 is 21.4 Å². The molecule has 3 unspecified atom stereocenters. The lowest BCUT2D eigenvalue weighted by Crippen LogP contribution is -2.42. The summed E-state index contributed by atoms with van der Waals surface area (Å²) in [5.74, 6) is -0.105. The Bertz CT molecular complexity index is 699. The third-order valence-electron chi connectivity index (χ3n) is 5.90. The average Bonchev–Trinajstić information content (AvgIpc) is 2.64. The fourth-order valence-electron chi connectivity index (χ4n) is 4.21. The maximum Gasteiger partial charge on any atom is 0.179 e. The van der Waals surface area contributed by atoms with Gasteiger partial charge in [0.05, 0.1) is 16.8 Å². The van der Waals surface area contributed by atoms with Crippen LogP contribution < -0.4 is 4.90 Å². The molecule has 1 aromatic carbocycles. The van der Waals surface area contributed by atoms with E-state index in [0.717, 1.165) is 36.9 Å². The zero-order valence-electron chi connectivity index (χ0n) is 16.2. The second kappa shape index (κ2) is 7.67. The normalized spacial score (nSPS) is 28.2. The molecular formula is C20H33NO3S. The first-order valence-corrected chi connectivity index (χ1v) is 11.1. The molecule has 1 aromatic rings. The summed E-state index contributed by atoms with van der Waals surface area (Å²) >= 11 is 0. The Morgan fingerprint density at radius 3 is 2.44 bits per heavy atom. The maximum atomic E-state index is 13.2. The molecule has 1 N–H and O–H groups in total. The second-order valence-corrected chi connectivity index (χ2v) is 9.61. The summed E-state index contributed by atoms with van der Waals surface area (Å²) < 4.78 is 26.4. The minimum atomic E-state index is -3.43. The average molecular weight is 368 g/mol. The summed E-state index contributed by atoms with van der Waals surface area (Å²) in [5.41, 5.74) is 1.19. The first-order chi connectivity index (χ1) is 11.7. The summed E-state index contributed by atoms with van der Waals surface area (Å²) in [6, 6.07) is 5.55. The number of fused-ring (bicyclic) bond motifs is 1. The van der Waals surface area contributed by atoms with Crippen LogP contribution in [0.25, 0.3) is 0 Å². The summed E-state index contributed by atoms with van der Waals surface area (Å²) in [5, 5.41) is 11.3. The van der Waals surface area contributed by atoms with Crippen molar-refractivity contribution in [3.63, 3.8) is 0 Å². The molecule has 5 heteroatoms. The number of aliphatic hydroxyl groups is 1. The van der Waals surface area contributed by atoms with Crippen LogP contribution in [-0.4, -0.2) is 39.5 Å². The third-order valence-corrected chi connectivity index (χ3v) is 7.90. The molecule has 0 aromatic heterocycles. The SMILES string of the molecule is CCCCC1(CC)CS(=O)(=O)c2ccc(N(C)C)cc2C(CC)C1O. The van der Waals surface area contributed by atoms with Gasteiger partial charge in [0.1, 0.15) is 0 Å². The fourth-order valence-corrected chi connectivity index (χ4v) is 6.48. The van der Waals surface area contributed by atoms with Crippen molar-refractivity contribution in [2.75, 3.05) is 24.7 Å². The molecule has 2 rings (SSSR count). The van der Waals surface area contributed by atoms with Crippen LogP contribution in [0.3, 0.4) is 0 Å². The summed E-state index contributed by atoms with van der Waals surface area (Å²) in [6.07, 6.45) is 3.47. The van der Waals surface area contributed by atoms with Gasteiger partial charge in [0.25, 0.3) is 0 Å². The summed E-state index contributed by atoms with van der Waals surface area (Å²) in [7, 11) is 0.467. The molecule has 1 aliphatic heterocycles. The quantitative estimate of drug-likeness (QED) is 0.826. The highest BCUT2D eigenvalue weighted by molar-refractivity contribution is 7.91. The number of anilines is 1. The molecule has 25 heavy (non-hydrogen) atoms. The standard InChI is InChI=1S/C20H33NO3S/c1-6-9-12-20(8-3)14-25(23,24)18-11-10-15(21(4)5)13-17(18)16(7-2)19(20)22/h10-11,13,16,19,22H,6-9,12,14H2,1-5H3. The van der Waals surface area contributed by atoms with E-state index in [2.05, 4.69) is 6.92 Å². The van der Waals surface area contributed by atoms with E-state index >= 15 is 0 Å².